The maximum atomic E-state index is 12.4. The van der Waals surface area contributed by atoms with Gasteiger partial charge in [0.15, 0.2) is 0 Å². The number of amides is 3. The number of nitrogens with one attached hydrogen (secondary N) is 3. The number of urea groups is 1. The van der Waals surface area contributed by atoms with Crippen molar-refractivity contribution in [3.63, 3.8) is 0 Å². The fraction of sp³-hybridized carbons (Fsp3) is 0.316. The van der Waals surface area contributed by atoms with E-state index in [1.165, 1.54) is 6.92 Å². The molecule has 0 aliphatic carbocycles. The van der Waals surface area contributed by atoms with Gasteiger partial charge in [-0.3, -0.25) is 9.78 Å². The fourth-order valence-electron chi connectivity index (χ4n) is 2.56. The normalized spacial score (nSPS) is 11.7. The molecular formula is C19H24N4O2. The van der Waals surface area contributed by atoms with Gasteiger partial charge in [0.05, 0.1) is 11.7 Å². The molecule has 25 heavy (non-hydrogen) atoms. The molecule has 1 aromatic heterocycles. The highest BCUT2D eigenvalue weighted by molar-refractivity contribution is 5.92. The summed E-state index contributed by atoms with van der Waals surface area (Å²) in [5, 5.41) is 8.47. The molecule has 0 fully saturated rings. The summed E-state index contributed by atoms with van der Waals surface area (Å²) < 4.78 is 0. The van der Waals surface area contributed by atoms with Crippen LogP contribution in [0.2, 0.25) is 0 Å². The Morgan fingerprint density at radius 3 is 2.32 bits per heavy atom. The average molecular weight is 340 g/mol. The zero-order valence-electron chi connectivity index (χ0n) is 15.0. The van der Waals surface area contributed by atoms with Crippen molar-refractivity contribution >= 4 is 23.3 Å². The lowest BCUT2D eigenvalue weighted by atomic mass is 9.97. The number of carbonyl (C=O) groups is 2. The van der Waals surface area contributed by atoms with Crippen molar-refractivity contribution in [1.29, 1.82) is 0 Å². The molecular weight excluding hydrogens is 316 g/mol. The van der Waals surface area contributed by atoms with E-state index in [9.17, 15) is 9.59 Å². The van der Waals surface area contributed by atoms with Gasteiger partial charge in [-0.15, -0.1) is 0 Å². The molecule has 0 saturated carbocycles. The Morgan fingerprint density at radius 1 is 1.04 bits per heavy atom. The summed E-state index contributed by atoms with van der Waals surface area (Å²) in [4.78, 5) is 28.0. The Kier molecular flexibility index (Phi) is 6.11. The van der Waals surface area contributed by atoms with Gasteiger partial charge in [-0.1, -0.05) is 26.0 Å². The zero-order chi connectivity index (χ0) is 18.4. The lowest BCUT2D eigenvalue weighted by Gasteiger charge is -2.23. The molecule has 6 heteroatoms. The third-order valence-corrected chi connectivity index (χ3v) is 3.74. The first-order valence-electron chi connectivity index (χ1n) is 8.23. The molecule has 0 saturated heterocycles. The van der Waals surface area contributed by atoms with Gasteiger partial charge in [0, 0.05) is 24.5 Å². The fourth-order valence-corrected chi connectivity index (χ4v) is 2.56. The number of rotatable bonds is 5. The molecule has 2 aromatic rings. The standard InChI is InChI=1S/C19H24N4O2/c1-12(2)17(18-13(3)7-6-10-20-18)23-19(25)22-16-9-5-8-15(11-16)21-14(4)24/h5-12,17H,1-4H3,(H,21,24)(H2,22,23,25)/t17-/m0/s1. The second kappa shape index (κ2) is 8.28. The van der Waals surface area contributed by atoms with Gasteiger partial charge in [-0.05, 0) is 42.7 Å². The summed E-state index contributed by atoms with van der Waals surface area (Å²) >= 11 is 0. The number of aromatic nitrogens is 1. The van der Waals surface area contributed by atoms with Gasteiger partial charge in [0.25, 0.3) is 0 Å². The Labute approximate surface area is 148 Å². The summed E-state index contributed by atoms with van der Waals surface area (Å²) in [7, 11) is 0. The van der Waals surface area contributed by atoms with Crippen LogP contribution in [0.15, 0.2) is 42.6 Å². The molecule has 6 nitrogen and oxygen atoms in total. The molecule has 3 amide bonds. The van der Waals surface area contributed by atoms with Crippen LogP contribution < -0.4 is 16.0 Å². The molecule has 1 heterocycles. The molecule has 0 radical (unpaired) electrons. The Morgan fingerprint density at radius 2 is 1.72 bits per heavy atom. The molecule has 3 N–H and O–H groups in total. The summed E-state index contributed by atoms with van der Waals surface area (Å²) in [6.07, 6.45) is 1.73. The number of benzene rings is 1. The van der Waals surface area contributed by atoms with Crippen LogP contribution in [0.3, 0.4) is 0 Å². The molecule has 1 atom stereocenters. The van der Waals surface area contributed by atoms with Crippen LogP contribution in [0.25, 0.3) is 0 Å². The van der Waals surface area contributed by atoms with E-state index in [1.807, 2.05) is 32.9 Å². The highest BCUT2D eigenvalue weighted by atomic mass is 16.2. The second-order valence-corrected chi connectivity index (χ2v) is 6.29. The highest BCUT2D eigenvalue weighted by Gasteiger charge is 2.21. The Balaban J connectivity index is 2.10. The minimum Gasteiger partial charge on any atom is -0.329 e. The second-order valence-electron chi connectivity index (χ2n) is 6.29. The lowest BCUT2D eigenvalue weighted by Crippen LogP contribution is -2.36. The van der Waals surface area contributed by atoms with Crippen molar-refractivity contribution in [2.75, 3.05) is 10.6 Å². The topological polar surface area (TPSA) is 83.1 Å². The van der Waals surface area contributed by atoms with E-state index >= 15 is 0 Å². The number of aryl methyl sites for hydroxylation is 1. The lowest BCUT2D eigenvalue weighted by molar-refractivity contribution is -0.114. The van der Waals surface area contributed by atoms with E-state index in [-0.39, 0.29) is 23.9 Å². The quantitative estimate of drug-likeness (QED) is 0.772. The van der Waals surface area contributed by atoms with Crippen LogP contribution in [0.4, 0.5) is 16.2 Å². The predicted molar refractivity (Wildman–Crippen MR) is 99.5 cm³/mol. The van der Waals surface area contributed by atoms with Gasteiger partial charge in [-0.2, -0.15) is 0 Å². The van der Waals surface area contributed by atoms with Gasteiger partial charge in [0.2, 0.25) is 5.91 Å². The number of pyridine rings is 1. The predicted octanol–water partition coefficient (Wildman–Crippen LogP) is 3.87. The van der Waals surface area contributed by atoms with Gasteiger partial charge < -0.3 is 16.0 Å². The maximum absolute atomic E-state index is 12.4. The first-order chi connectivity index (χ1) is 11.9. The highest BCUT2D eigenvalue weighted by Crippen LogP contribution is 2.23. The van der Waals surface area contributed by atoms with Crippen LogP contribution >= 0.6 is 0 Å². The SMILES string of the molecule is CC(=O)Nc1cccc(NC(=O)N[C@H](c2ncccc2C)C(C)C)c1. The van der Waals surface area contributed by atoms with Crippen LogP contribution in [-0.2, 0) is 4.79 Å². The van der Waals surface area contributed by atoms with Crippen molar-refractivity contribution in [1.82, 2.24) is 10.3 Å². The van der Waals surface area contributed by atoms with Crippen molar-refractivity contribution in [3.05, 3.63) is 53.9 Å². The number of anilines is 2. The number of carbonyl (C=O) groups excluding carboxylic acids is 2. The van der Waals surface area contributed by atoms with Crippen molar-refractivity contribution < 1.29 is 9.59 Å². The Bertz CT molecular complexity index is 759. The van der Waals surface area contributed by atoms with Crippen LogP contribution in [0.5, 0.6) is 0 Å². The first-order valence-corrected chi connectivity index (χ1v) is 8.23. The largest absolute Gasteiger partial charge is 0.329 e. The van der Waals surface area contributed by atoms with E-state index in [0.717, 1.165) is 11.3 Å². The summed E-state index contributed by atoms with van der Waals surface area (Å²) in [5.41, 5.74) is 3.13. The number of hydrogen-bond acceptors (Lipinski definition) is 3. The maximum Gasteiger partial charge on any atom is 0.319 e. The molecule has 0 aliphatic rings. The minimum atomic E-state index is -0.316. The summed E-state index contributed by atoms with van der Waals surface area (Å²) in [6, 6.07) is 10.3. The van der Waals surface area contributed by atoms with Gasteiger partial charge >= 0.3 is 6.03 Å². The van der Waals surface area contributed by atoms with Crippen molar-refractivity contribution in [2.24, 2.45) is 5.92 Å². The van der Waals surface area contributed by atoms with E-state index < -0.39 is 0 Å². The van der Waals surface area contributed by atoms with E-state index in [0.29, 0.717) is 11.4 Å². The molecule has 132 valence electrons. The smallest absolute Gasteiger partial charge is 0.319 e. The molecule has 0 unspecified atom stereocenters. The van der Waals surface area contributed by atoms with Crippen LogP contribution in [0, 0.1) is 12.8 Å². The summed E-state index contributed by atoms with van der Waals surface area (Å²) in [5.74, 6) is 0.0252. The third-order valence-electron chi connectivity index (χ3n) is 3.74. The number of hydrogen-bond donors (Lipinski definition) is 3. The monoisotopic (exact) mass is 340 g/mol. The number of nitrogens with zero attached hydrogens (tertiary/aromatic N) is 1. The Hall–Kier alpha value is -2.89. The zero-order valence-corrected chi connectivity index (χ0v) is 15.0. The van der Waals surface area contributed by atoms with E-state index in [2.05, 4.69) is 20.9 Å². The summed E-state index contributed by atoms with van der Waals surface area (Å²) in [6.45, 7) is 7.50. The minimum absolute atomic E-state index is 0.160. The van der Waals surface area contributed by atoms with Crippen LogP contribution in [0.1, 0.15) is 38.1 Å². The molecule has 0 aliphatic heterocycles. The van der Waals surface area contributed by atoms with Crippen LogP contribution in [-0.4, -0.2) is 16.9 Å². The van der Waals surface area contributed by atoms with Gasteiger partial charge in [-0.25, -0.2) is 4.79 Å². The third kappa shape index (κ3) is 5.31. The molecule has 0 spiro atoms. The van der Waals surface area contributed by atoms with Crippen molar-refractivity contribution in [2.45, 2.75) is 33.7 Å². The first kappa shape index (κ1) is 18.4. The van der Waals surface area contributed by atoms with E-state index in [1.54, 1.807) is 30.5 Å². The van der Waals surface area contributed by atoms with Gasteiger partial charge in [0.1, 0.15) is 0 Å². The van der Waals surface area contributed by atoms with E-state index in [4.69, 9.17) is 0 Å². The molecule has 2 rings (SSSR count). The molecule has 1 aromatic carbocycles. The van der Waals surface area contributed by atoms with Crippen molar-refractivity contribution in [3.8, 4) is 0 Å². The molecule has 0 bridgehead atoms. The average Bonchev–Trinajstić information content (AvgIpc) is 2.53.